The van der Waals surface area contributed by atoms with Crippen molar-refractivity contribution in [3.8, 4) is 0 Å². The molecule has 0 fully saturated rings. The van der Waals surface area contributed by atoms with E-state index < -0.39 is 50.3 Å². The number of Topliss-reactive ketones (excluding diaryl/α,β-unsaturated/α-hetero) is 1. The zero-order valence-electron chi connectivity index (χ0n) is 16.9. The normalized spacial score (nSPS) is 19.6. The Balaban J connectivity index is 2.63. The fraction of sp³-hybridized carbons (Fsp3) is 0.421. The van der Waals surface area contributed by atoms with E-state index in [0.717, 1.165) is 0 Å². The third-order valence-corrected chi connectivity index (χ3v) is 6.04. The van der Waals surface area contributed by atoms with Gasteiger partial charge in [0.1, 0.15) is 11.7 Å². The van der Waals surface area contributed by atoms with Crippen molar-refractivity contribution in [2.24, 2.45) is 10.9 Å². The van der Waals surface area contributed by atoms with Crippen LogP contribution in [0.25, 0.3) is 0 Å². The van der Waals surface area contributed by atoms with E-state index in [1.807, 2.05) is 0 Å². The van der Waals surface area contributed by atoms with Gasteiger partial charge in [0.25, 0.3) is 5.69 Å². The molecule has 0 bridgehead atoms. The number of rotatable bonds is 8. The van der Waals surface area contributed by atoms with E-state index in [4.69, 9.17) is 0 Å². The van der Waals surface area contributed by atoms with Gasteiger partial charge in [-0.05, 0) is 33.3 Å². The summed E-state index contributed by atoms with van der Waals surface area (Å²) >= 11 is 0. The average Bonchev–Trinajstić information content (AvgIpc) is 2.58. The Labute approximate surface area is 173 Å². The summed E-state index contributed by atoms with van der Waals surface area (Å²) in [5, 5.41) is 21.0. The molecule has 1 heterocycles. The highest BCUT2D eigenvalue weighted by Crippen LogP contribution is 2.40. The van der Waals surface area contributed by atoms with Gasteiger partial charge in [-0.2, -0.15) is 0 Å². The second-order valence-corrected chi connectivity index (χ2v) is 9.11. The molecule has 1 aromatic rings. The lowest BCUT2D eigenvalue weighted by Crippen LogP contribution is -2.39. The second kappa shape index (κ2) is 8.84. The molecule has 0 spiro atoms. The number of carboxylic acid groups (broad SMARTS) is 1. The van der Waals surface area contributed by atoms with Crippen molar-refractivity contribution >= 4 is 33.2 Å². The number of benzene rings is 1. The smallest absolute Gasteiger partial charge is 0.313 e. The number of sulfonamides is 1. The zero-order valence-corrected chi connectivity index (χ0v) is 17.8. The summed E-state index contributed by atoms with van der Waals surface area (Å²) in [6, 6.07) is 4.89. The van der Waals surface area contributed by atoms with Crippen molar-refractivity contribution in [2.75, 3.05) is 5.75 Å². The fourth-order valence-corrected chi connectivity index (χ4v) is 4.87. The van der Waals surface area contributed by atoms with E-state index in [9.17, 15) is 33.2 Å². The van der Waals surface area contributed by atoms with E-state index in [0.29, 0.717) is 0 Å². The molecule has 1 aliphatic heterocycles. The predicted molar refractivity (Wildman–Crippen MR) is 110 cm³/mol. The molecule has 1 aliphatic rings. The molecule has 30 heavy (non-hydrogen) atoms. The van der Waals surface area contributed by atoms with Crippen LogP contribution in [-0.4, -0.2) is 47.7 Å². The number of aliphatic carboxylic acids is 1. The summed E-state index contributed by atoms with van der Waals surface area (Å²) in [4.78, 5) is 39.7. The number of nitrogens with zero attached hydrogens (tertiary/aromatic N) is 2. The lowest BCUT2D eigenvalue weighted by atomic mass is 9.74. The van der Waals surface area contributed by atoms with Gasteiger partial charge in [-0.3, -0.25) is 24.7 Å². The molecule has 0 saturated carbocycles. The first-order chi connectivity index (χ1) is 13.8. The molecule has 2 rings (SSSR count). The lowest BCUT2D eigenvalue weighted by Gasteiger charge is -2.31. The third-order valence-electron chi connectivity index (χ3n) is 4.57. The van der Waals surface area contributed by atoms with Gasteiger partial charge < -0.3 is 5.11 Å². The van der Waals surface area contributed by atoms with Gasteiger partial charge >= 0.3 is 5.97 Å². The minimum atomic E-state index is -3.97. The Bertz CT molecular complexity index is 1060. The number of carbonyl (C=O) groups is 2. The molecule has 0 saturated heterocycles. The molecule has 11 heteroatoms. The molecule has 0 amide bonds. The SMILES string of the molecule is CC1=NC(C)=C(C(=O)CS(=O)(=O)NC(C)C)C(c2cccc([N+](=O)[O-])c2)C1C(=O)O. The quantitative estimate of drug-likeness (QED) is 0.465. The molecule has 10 nitrogen and oxygen atoms in total. The highest BCUT2D eigenvalue weighted by Gasteiger charge is 2.42. The number of nitro benzene ring substituents is 1. The highest BCUT2D eigenvalue weighted by atomic mass is 32.2. The van der Waals surface area contributed by atoms with Crippen LogP contribution in [0, 0.1) is 16.0 Å². The number of hydrogen-bond donors (Lipinski definition) is 2. The number of nitro groups is 1. The third kappa shape index (κ3) is 5.16. The Morgan fingerprint density at radius 1 is 1.30 bits per heavy atom. The van der Waals surface area contributed by atoms with E-state index in [1.54, 1.807) is 13.8 Å². The molecule has 0 radical (unpaired) electrons. The number of carbonyl (C=O) groups excluding carboxylic acids is 1. The van der Waals surface area contributed by atoms with Crippen LogP contribution in [0.15, 0.2) is 40.5 Å². The van der Waals surface area contributed by atoms with Crippen LogP contribution < -0.4 is 4.72 Å². The first-order valence-electron chi connectivity index (χ1n) is 9.10. The van der Waals surface area contributed by atoms with Crippen molar-refractivity contribution in [2.45, 2.75) is 39.7 Å². The minimum Gasteiger partial charge on any atom is -0.481 e. The van der Waals surface area contributed by atoms with Gasteiger partial charge in [0.15, 0.2) is 5.78 Å². The molecule has 1 aromatic carbocycles. The monoisotopic (exact) mass is 437 g/mol. The standard InChI is InChI=1S/C19H23N3O7S/c1-10(2)21-30(28,29)9-15(23)16-11(3)20-12(4)17(19(24)25)18(16)13-6-5-7-14(8-13)22(26)27/h5-8,10,17-18,21H,9H2,1-4H3,(H,24,25). The number of allylic oxidation sites excluding steroid dienone is 2. The average molecular weight is 437 g/mol. The van der Waals surface area contributed by atoms with Crippen molar-refractivity contribution in [3.63, 3.8) is 0 Å². The van der Waals surface area contributed by atoms with Gasteiger partial charge in [-0.1, -0.05) is 12.1 Å². The first kappa shape index (κ1) is 23.4. The number of carboxylic acids is 1. The molecule has 162 valence electrons. The summed E-state index contributed by atoms with van der Waals surface area (Å²) in [6.07, 6.45) is 0. The maximum absolute atomic E-state index is 13.0. The van der Waals surface area contributed by atoms with E-state index >= 15 is 0 Å². The van der Waals surface area contributed by atoms with E-state index in [2.05, 4.69) is 9.71 Å². The number of ketones is 1. The summed E-state index contributed by atoms with van der Waals surface area (Å²) in [5.41, 5.74) is 0.281. The van der Waals surface area contributed by atoms with Crippen LogP contribution in [-0.2, 0) is 19.6 Å². The maximum Gasteiger partial charge on any atom is 0.313 e. The van der Waals surface area contributed by atoms with Gasteiger partial charge in [0.2, 0.25) is 10.0 Å². The van der Waals surface area contributed by atoms with Crippen LogP contribution in [0.5, 0.6) is 0 Å². The zero-order chi connectivity index (χ0) is 22.8. The molecule has 0 aromatic heterocycles. The Hall–Kier alpha value is -2.92. The molecule has 2 unspecified atom stereocenters. The van der Waals surface area contributed by atoms with Gasteiger partial charge in [0, 0.05) is 41.1 Å². The van der Waals surface area contributed by atoms with Crippen LogP contribution in [0.1, 0.15) is 39.2 Å². The highest BCUT2D eigenvalue weighted by molar-refractivity contribution is 7.90. The number of hydrogen-bond acceptors (Lipinski definition) is 7. The summed E-state index contributed by atoms with van der Waals surface area (Å²) in [5.74, 6) is -5.34. The molecule has 2 atom stereocenters. The molecular weight excluding hydrogens is 414 g/mol. The van der Waals surface area contributed by atoms with E-state index in [-0.39, 0.29) is 28.2 Å². The van der Waals surface area contributed by atoms with Crippen LogP contribution >= 0.6 is 0 Å². The topological polar surface area (TPSA) is 156 Å². The van der Waals surface area contributed by atoms with Crippen molar-refractivity contribution < 1.29 is 28.0 Å². The summed E-state index contributed by atoms with van der Waals surface area (Å²) < 4.78 is 26.9. The fourth-order valence-electron chi connectivity index (χ4n) is 3.57. The van der Waals surface area contributed by atoms with Crippen molar-refractivity contribution in [1.82, 2.24) is 4.72 Å². The minimum absolute atomic E-state index is 0.0809. The maximum atomic E-state index is 13.0. The number of aliphatic imine (C=N–C) groups is 1. The van der Waals surface area contributed by atoms with Crippen LogP contribution in [0.2, 0.25) is 0 Å². The number of nitrogens with one attached hydrogen (secondary N) is 1. The largest absolute Gasteiger partial charge is 0.481 e. The first-order valence-corrected chi connectivity index (χ1v) is 10.8. The van der Waals surface area contributed by atoms with E-state index in [1.165, 1.54) is 38.1 Å². The van der Waals surface area contributed by atoms with Crippen LogP contribution in [0.4, 0.5) is 5.69 Å². The Morgan fingerprint density at radius 3 is 2.47 bits per heavy atom. The van der Waals surface area contributed by atoms with Gasteiger partial charge in [-0.15, -0.1) is 0 Å². The van der Waals surface area contributed by atoms with Crippen LogP contribution in [0.3, 0.4) is 0 Å². The molecular formula is C19H23N3O7S. The number of non-ortho nitro benzene ring substituents is 1. The lowest BCUT2D eigenvalue weighted by molar-refractivity contribution is -0.384. The Morgan fingerprint density at radius 2 is 1.93 bits per heavy atom. The molecule has 0 aliphatic carbocycles. The van der Waals surface area contributed by atoms with Crippen molar-refractivity contribution in [1.29, 1.82) is 0 Å². The van der Waals surface area contributed by atoms with Crippen molar-refractivity contribution in [3.05, 3.63) is 51.2 Å². The molecule has 2 N–H and O–H groups in total. The Kier molecular flexibility index (Phi) is 6.88. The van der Waals surface area contributed by atoms with Gasteiger partial charge in [-0.25, -0.2) is 13.1 Å². The summed E-state index contributed by atoms with van der Waals surface area (Å²) in [6.45, 7) is 6.19. The predicted octanol–water partition coefficient (Wildman–Crippen LogP) is 2.02. The summed E-state index contributed by atoms with van der Waals surface area (Å²) in [7, 11) is -3.97. The second-order valence-electron chi connectivity index (χ2n) is 7.35. The van der Waals surface area contributed by atoms with Gasteiger partial charge in [0.05, 0.1) is 4.92 Å².